The molecule has 0 unspecified atom stereocenters. The largest absolute Gasteiger partial charge is 0.508 e. The standard InChI is InChI=1S/C29H23F3O3/c1-2-3-16-34-26-14-10-22(17-25(26)30)20-6-4-19(5-7-20)18-35-27-15-13-24(28(31)29(27)32)21-8-11-23(33)12-9-21/h2,4-15,17,33H,1,3,16,18H2. The fourth-order valence-corrected chi connectivity index (χ4v) is 3.51. The number of halogens is 3. The summed E-state index contributed by atoms with van der Waals surface area (Å²) in [5, 5.41) is 9.38. The van der Waals surface area contributed by atoms with Gasteiger partial charge in [-0.1, -0.05) is 48.5 Å². The predicted octanol–water partition coefficient (Wildman–Crippen LogP) is 7.68. The number of rotatable bonds is 9. The van der Waals surface area contributed by atoms with Crippen LogP contribution in [0, 0.1) is 17.5 Å². The molecule has 0 radical (unpaired) electrons. The van der Waals surface area contributed by atoms with Gasteiger partial charge in [-0.15, -0.1) is 6.58 Å². The van der Waals surface area contributed by atoms with Crippen molar-refractivity contribution in [1.29, 1.82) is 0 Å². The fraction of sp³-hybridized carbons (Fsp3) is 0.103. The molecule has 1 N–H and O–H groups in total. The molecule has 0 aliphatic carbocycles. The molecular formula is C29H23F3O3. The van der Waals surface area contributed by atoms with E-state index in [9.17, 15) is 18.3 Å². The number of phenolic OH excluding ortho intramolecular Hbond substituents is 1. The zero-order chi connectivity index (χ0) is 24.8. The summed E-state index contributed by atoms with van der Waals surface area (Å²) in [4.78, 5) is 0. The Morgan fingerprint density at radius 2 is 1.37 bits per heavy atom. The Morgan fingerprint density at radius 1 is 0.714 bits per heavy atom. The van der Waals surface area contributed by atoms with Gasteiger partial charge in [-0.05, 0) is 65.1 Å². The molecule has 4 aromatic carbocycles. The Balaban J connectivity index is 1.42. The summed E-state index contributed by atoms with van der Waals surface area (Å²) in [7, 11) is 0. The van der Waals surface area contributed by atoms with Crippen LogP contribution in [-0.2, 0) is 6.61 Å². The minimum atomic E-state index is -1.09. The summed E-state index contributed by atoms with van der Waals surface area (Å²) < 4.78 is 54.4. The normalized spacial score (nSPS) is 10.7. The molecule has 0 amide bonds. The Hall–Kier alpha value is -4.19. The summed E-state index contributed by atoms with van der Waals surface area (Å²) in [6, 6.07) is 20.5. The minimum Gasteiger partial charge on any atom is -0.508 e. The van der Waals surface area contributed by atoms with E-state index < -0.39 is 17.5 Å². The third kappa shape index (κ3) is 5.66. The van der Waals surface area contributed by atoms with Gasteiger partial charge in [0.15, 0.2) is 23.1 Å². The van der Waals surface area contributed by atoms with E-state index in [1.807, 2.05) is 0 Å². The lowest BCUT2D eigenvalue weighted by Crippen LogP contribution is -2.00. The molecule has 0 heterocycles. The maximum Gasteiger partial charge on any atom is 0.201 e. The number of hydrogen-bond acceptors (Lipinski definition) is 3. The Kier molecular flexibility index (Phi) is 7.41. The highest BCUT2D eigenvalue weighted by atomic mass is 19.2. The van der Waals surface area contributed by atoms with Gasteiger partial charge in [0.2, 0.25) is 5.82 Å². The van der Waals surface area contributed by atoms with Crippen molar-refractivity contribution in [2.45, 2.75) is 13.0 Å². The highest BCUT2D eigenvalue weighted by Gasteiger charge is 2.16. The molecule has 6 heteroatoms. The predicted molar refractivity (Wildman–Crippen MR) is 130 cm³/mol. The molecule has 0 bridgehead atoms. The van der Waals surface area contributed by atoms with Crippen LogP contribution in [-0.4, -0.2) is 11.7 Å². The molecule has 0 saturated carbocycles. The van der Waals surface area contributed by atoms with Gasteiger partial charge in [0, 0.05) is 5.56 Å². The van der Waals surface area contributed by atoms with Crippen molar-refractivity contribution < 1.29 is 27.8 Å². The van der Waals surface area contributed by atoms with Crippen LogP contribution in [0.25, 0.3) is 22.3 Å². The van der Waals surface area contributed by atoms with Crippen LogP contribution in [0.2, 0.25) is 0 Å². The topological polar surface area (TPSA) is 38.7 Å². The third-order valence-corrected chi connectivity index (χ3v) is 5.42. The summed E-state index contributed by atoms with van der Waals surface area (Å²) in [5.74, 6) is -2.54. The van der Waals surface area contributed by atoms with E-state index in [0.29, 0.717) is 24.2 Å². The molecule has 0 atom stereocenters. The zero-order valence-electron chi connectivity index (χ0n) is 18.8. The lowest BCUT2D eigenvalue weighted by atomic mass is 10.0. The molecule has 0 spiro atoms. The van der Waals surface area contributed by atoms with E-state index >= 15 is 0 Å². The average Bonchev–Trinajstić information content (AvgIpc) is 2.87. The third-order valence-electron chi connectivity index (χ3n) is 5.42. The summed E-state index contributed by atoms with van der Waals surface area (Å²) in [6.45, 7) is 3.99. The van der Waals surface area contributed by atoms with E-state index in [1.165, 1.54) is 42.5 Å². The second-order valence-electron chi connectivity index (χ2n) is 7.84. The number of ether oxygens (including phenoxy) is 2. The fourth-order valence-electron chi connectivity index (χ4n) is 3.51. The van der Waals surface area contributed by atoms with Crippen molar-refractivity contribution in [3.05, 3.63) is 115 Å². The van der Waals surface area contributed by atoms with Crippen molar-refractivity contribution >= 4 is 0 Å². The van der Waals surface area contributed by atoms with Crippen LogP contribution in [0.15, 0.2) is 91.5 Å². The monoisotopic (exact) mass is 476 g/mol. The van der Waals surface area contributed by atoms with E-state index in [4.69, 9.17) is 9.47 Å². The van der Waals surface area contributed by atoms with Crippen molar-refractivity contribution in [2.24, 2.45) is 0 Å². The van der Waals surface area contributed by atoms with Crippen LogP contribution in [0.1, 0.15) is 12.0 Å². The van der Waals surface area contributed by atoms with Crippen LogP contribution in [0.4, 0.5) is 13.2 Å². The number of benzene rings is 4. The molecule has 3 nitrogen and oxygen atoms in total. The molecular weight excluding hydrogens is 453 g/mol. The molecule has 0 aromatic heterocycles. The first-order valence-electron chi connectivity index (χ1n) is 11.0. The second kappa shape index (κ2) is 10.8. The van der Waals surface area contributed by atoms with Crippen LogP contribution >= 0.6 is 0 Å². The summed E-state index contributed by atoms with van der Waals surface area (Å²) >= 11 is 0. The molecule has 4 aromatic rings. The minimum absolute atomic E-state index is 0.0274. The Labute approximate surface area is 201 Å². The van der Waals surface area contributed by atoms with Crippen molar-refractivity contribution in [3.63, 3.8) is 0 Å². The number of hydrogen-bond donors (Lipinski definition) is 1. The molecule has 0 saturated heterocycles. The molecule has 4 rings (SSSR count). The Morgan fingerprint density at radius 3 is 2.06 bits per heavy atom. The SMILES string of the molecule is C=CCCOc1ccc(-c2ccc(COc3ccc(-c4ccc(O)cc4)c(F)c3F)cc2)cc1F. The lowest BCUT2D eigenvalue weighted by Gasteiger charge is -2.11. The Bertz CT molecular complexity index is 1320. The molecule has 178 valence electrons. The maximum atomic E-state index is 14.6. The van der Waals surface area contributed by atoms with Crippen LogP contribution in [0.5, 0.6) is 17.2 Å². The molecule has 0 fully saturated rings. The first kappa shape index (κ1) is 24.0. The molecule has 35 heavy (non-hydrogen) atoms. The highest BCUT2D eigenvalue weighted by Crippen LogP contribution is 2.31. The van der Waals surface area contributed by atoms with Gasteiger partial charge in [0.05, 0.1) is 6.61 Å². The molecule has 0 aliphatic heterocycles. The summed E-state index contributed by atoms with van der Waals surface area (Å²) in [5.41, 5.74) is 2.73. The number of aromatic hydroxyl groups is 1. The van der Waals surface area contributed by atoms with Gasteiger partial charge >= 0.3 is 0 Å². The average molecular weight is 476 g/mol. The van der Waals surface area contributed by atoms with Gasteiger partial charge in [0.25, 0.3) is 0 Å². The number of phenols is 1. The first-order valence-corrected chi connectivity index (χ1v) is 11.0. The van der Waals surface area contributed by atoms with Gasteiger partial charge in [-0.3, -0.25) is 0 Å². The van der Waals surface area contributed by atoms with E-state index in [1.54, 1.807) is 42.5 Å². The zero-order valence-corrected chi connectivity index (χ0v) is 18.8. The van der Waals surface area contributed by atoms with E-state index in [0.717, 1.165) is 11.1 Å². The quantitative estimate of drug-likeness (QED) is 0.199. The van der Waals surface area contributed by atoms with E-state index in [2.05, 4.69) is 6.58 Å². The van der Waals surface area contributed by atoms with Crippen molar-refractivity contribution in [1.82, 2.24) is 0 Å². The van der Waals surface area contributed by atoms with Gasteiger partial charge in [-0.2, -0.15) is 4.39 Å². The van der Waals surface area contributed by atoms with Gasteiger partial charge < -0.3 is 14.6 Å². The van der Waals surface area contributed by atoms with Crippen LogP contribution in [0.3, 0.4) is 0 Å². The summed E-state index contributed by atoms with van der Waals surface area (Å²) in [6.07, 6.45) is 2.33. The second-order valence-corrected chi connectivity index (χ2v) is 7.84. The van der Waals surface area contributed by atoms with Crippen molar-refractivity contribution in [3.8, 4) is 39.5 Å². The van der Waals surface area contributed by atoms with Gasteiger partial charge in [0.1, 0.15) is 12.4 Å². The first-order chi connectivity index (χ1) is 17.0. The molecule has 0 aliphatic rings. The van der Waals surface area contributed by atoms with Crippen LogP contribution < -0.4 is 9.47 Å². The highest BCUT2D eigenvalue weighted by molar-refractivity contribution is 5.66. The smallest absolute Gasteiger partial charge is 0.201 e. The van der Waals surface area contributed by atoms with E-state index in [-0.39, 0.29) is 29.4 Å². The van der Waals surface area contributed by atoms with Crippen molar-refractivity contribution in [2.75, 3.05) is 6.61 Å². The lowest BCUT2D eigenvalue weighted by molar-refractivity contribution is 0.285. The maximum absolute atomic E-state index is 14.6. The van der Waals surface area contributed by atoms with Gasteiger partial charge in [-0.25, -0.2) is 8.78 Å².